The molecule has 0 aromatic heterocycles. The molecule has 0 radical (unpaired) electrons. The molecule has 0 aliphatic rings. The van der Waals surface area contributed by atoms with E-state index in [1.54, 1.807) is 0 Å². The van der Waals surface area contributed by atoms with E-state index in [4.69, 9.17) is 14.2 Å². The predicted molar refractivity (Wildman–Crippen MR) is 306 cm³/mol. The molecule has 0 heterocycles. The van der Waals surface area contributed by atoms with Crippen LogP contribution in [-0.4, -0.2) is 37.2 Å². The van der Waals surface area contributed by atoms with Crippen molar-refractivity contribution in [3.05, 3.63) is 122 Å². The zero-order valence-electron chi connectivity index (χ0n) is 45.9. The number of hydrogen-bond donors (Lipinski definition) is 0. The van der Waals surface area contributed by atoms with Crippen LogP contribution in [0.4, 0.5) is 0 Å². The van der Waals surface area contributed by atoms with Crippen molar-refractivity contribution in [2.45, 2.75) is 258 Å². The van der Waals surface area contributed by atoms with E-state index in [0.717, 1.165) is 122 Å². The average Bonchev–Trinajstić information content (AvgIpc) is 3.37. The number of unbranched alkanes of at least 4 members (excludes halogenated alkanes) is 24. The number of rotatable bonds is 51. The predicted octanol–water partition coefficient (Wildman–Crippen LogP) is 19.6. The van der Waals surface area contributed by atoms with Gasteiger partial charge in [-0.3, -0.25) is 14.4 Å². The van der Waals surface area contributed by atoms with Crippen molar-refractivity contribution < 1.29 is 28.6 Å². The van der Waals surface area contributed by atoms with Crippen molar-refractivity contribution >= 4 is 17.9 Å². The van der Waals surface area contributed by atoms with Crippen molar-refractivity contribution in [3.63, 3.8) is 0 Å². The molecule has 0 fully saturated rings. The minimum absolute atomic E-state index is 0.100. The van der Waals surface area contributed by atoms with E-state index in [1.165, 1.54) is 89.9 Å². The summed E-state index contributed by atoms with van der Waals surface area (Å²) in [6.07, 6.45) is 80.3. The smallest absolute Gasteiger partial charge is 0.306 e. The molecule has 71 heavy (non-hydrogen) atoms. The molecule has 0 aromatic rings. The molecule has 0 N–H and O–H groups in total. The van der Waals surface area contributed by atoms with Gasteiger partial charge in [0, 0.05) is 19.3 Å². The maximum atomic E-state index is 12.9. The van der Waals surface area contributed by atoms with Gasteiger partial charge in [0.15, 0.2) is 6.10 Å². The molecule has 1 atom stereocenters. The fourth-order valence-corrected chi connectivity index (χ4v) is 7.73. The Bertz CT molecular complexity index is 1500. The van der Waals surface area contributed by atoms with E-state index in [1.807, 2.05) is 24.3 Å². The zero-order valence-corrected chi connectivity index (χ0v) is 45.9. The Hall–Kier alpha value is -4.19. The molecule has 402 valence electrons. The number of hydrogen-bond acceptors (Lipinski definition) is 6. The van der Waals surface area contributed by atoms with Crippen molar-refractivity contribution in [2.75, 3.05) is 13.2 Å². The lowest BCUT2D eigenvalue weighted by Gasteiger charge is -2.18. The summed E-state index contributed by atoms with van der Waals surface area (Å²) in [4.78, 5) is 38.2. The third kappa shape index (κ3) is 56.6. The summed E-state index contributed by atoms with van der Waals surface area (Å²) >= 11 is 0. The van der Waals surface area contributed by atoms with Crippen molar-refractivity contribution in [3.8, 4) is 0 Å². The highest BCUT2D eigenvalue weighted by Crippen LogP contribution is 2.15. The van der Waals surface area contributed by atoms with E-state index in [-0.39, 0.29) is 37.5 Å². The molecule has 0 aliphatic carbocycles. The van der Waals surface area contributed by atoms with Gasteiger partial charge in [0.2, 0.25) is 0 Å². The lowest BCUT2D eigenvalue weighted by atomic mass is 10.0. The molecule has 0 spiro atoms. The summed E-state index contributed by atoms with van der Waals surface area (Å²) in [6.45, 7) is 6.40. The maximum Gasteiger partial charge on any atom is 0.306 e. The number of carbonyl (C=O) groups is 3. The molecular weight excluding hydrogens is 877 g/mol. The van der Waals surface area contributed by atoms with Gasteiger partial charge in [-0.25, -0.2) is 0 Å². The molecule has 0 saturated heterocycles. The lowest BCUT2D eigenvalue weighted by molar-refractivity contribution is -0.167. The summed E-state index contributed by atoms with van der Waals surface area (Å²) in [5.41, 5.74) is 0. The summed E-state index contributed by atoms with van der Waals surface area (Å²) in [5.74, 6) is -0.958. The Morgan fingerprint density at radius 3 is 1.06 bits per heavy atom. The second-order valence-electron chi connectivity index (χ2n) is 18.9. The van der Waals surface area contributed by atoms with Crippen LogP contribution in [-0.2, 0) is 28.6 Å². The molecular formula is C65H106O6. The monoisotopic (exact) mass is 983 g/mol. The fourth-order valence-electron chi connectivity index (χ4n) is 7.73. The molecule has 0 amide bonds. The molecule has 6 heteroatoms. The summed E-state index contributed by atoms with van der Waals surface area (Å²) in [6, 6.07) is 0. The van der Waals surface area contributed by atoms with E-state index in [9.17, 15) is 14.4 Å². The zero-order chi connectivity index (χ0) is 51.4. The highest BCUT2D eigenvalue weighted by Gasteiger charge is 2.19. The second kappa shape index (κ2) is 58.4. The van der Waals surface area contributed by atoms with E-state index in [2.05, 4.69) is 118 Å². The first-order valence-electron chi connectivity index (χ1n) is 29.1. The first-order valence-corrected chi connectivity index (χ1v) is 29.1. The van der Waals surface area contributed by atoms with Crippen LogP contribution >= 0.6 is 0 Å². The minimum Gasteiger partial charge on any atom is -0.462 e. The van der Waals surface area contributed by atoms with Gasteiger partial charge in [0.25, 0.3) is 0 Å². The largest absolute Gasteiger partial charge is 0.462 e. The molecule has 0 bridgehead atoms. The van der Waals surface area contributed by atoms with Crippen LogP contribution < -0.4 is 0 Å². The highest BCUT2D eigenvalue weighted by molar-refractivity contribution is 5.71. The highest BCUT2D eigenvalue weighted by atomic mass is 16.6. The van der Waals surface area contributed by atoms with E-state index >= 15 is 0 Å². The molecule has 1 unspecified atom stereocenters. The van der Waals surface area contributed by atoms with Gasteiger partial charge >= 0.3 is 17.9 Å². The van der Waals surface area contributed by atoms with E-state index < -0.39 is 6.10 Å². The summed E-state index contributed by atoms with van der Waals surface area (Å²) < 4.78 is 16.8. The Labute approximate surface area is 437 Å². The van der Waals surface area contributed by atoms with Crippen LogP contribution in [0.25, 0.3) is 0 Å². The Morgan fingerprint density at radius 1 is 0.310 bits per heavy atom. The normalized spacial score (nSPS) is 13.0. The summed E-state index contributed by atoms with van der Waals surface area (Å²) in [5, 5.41) is 0. The molecule has 0 aromatic carbocycles. The first kappa shape index (κ1) is 66.8. The Kier molecular flexibility index (Phi) is 54.9. The maximum absolute atomic E-state index is 12.9. The van der Waals surface area contributed by atoms with Crippen LogP contribution in [0.2, 0.25) is 0 Å². The van der Waals surface area contributed by atoms with Gasteiger partial charge in [-0.1, -0.05) is 271 Å². The Morgan fingerprint density at radius 2 is 0.634 bits per heavy atom. The van der Waals surface area contributed by atoms with E-state index in [0.29, 0.717) is 12.8 Å². The van der Waals surface area contributed by atoms with Crippen LogP contribution in [0.15, 0.2) is 122 Å². The number of ether oxygens (including phenoxy) is 3. The van der Waals surface area contributed by atoms with Crippen molar-refractivity contribution in [1.29, 1.82) is 0 Å². The fraction of sp³-hybridized carbons (Fsp3) is 0.646. The average molecular weight is 984 g/mol. The second-order valence-corrected chi connectivity index (χ2v) is 18.9. The van der Waals surface area contributed by atoms with Crippen LogP contribution in [0.5, 0.6) is 0 Å². The van der Waals surface area contributed by atoms with Crippen LogP contribution in [0.1, 0.15) is 252 Å². The van der Waals surface area contributed by atoms with Gasteiger partial charge in [0.05, 0.1) is 0 Å². The van der Waals surface area contributed by atoms with Gasteiger partial charge in [0.1, 0.15) is 13.2 Å². The quantitative estimate of drug-likeness (QED) is 0.0199. The number of allylic oxidation sites excluding steroid dienone is 20. The SMILES string of the molecule is CC/C=C\C/C=C\C/C=C\C/C=C\C/C=C\CCCCCC(=O)OCC(COC(=O)CCCCCCCCCCCCCCCCCC)OC(=O)CCCCCCC\C=C/C=C\C=C/C=C\C=C/CCC. The minimum atomic E-state index is -0.808. The lowest BCUT2D eigenvalue weighted by Crippen LogP contribution is -2.30. The van der Waals surface area contributed by atoms with Crippen LogP contribution in [0.3, 0.4) is 0 Å². The van der Waals surface area contributed by atoms with Crippen LogP contribution in [0, 0.1) is 0 Å². The van der Waals surface area contributed by atoms with Gasteiger partial charge in [-0.15, -0.1) is 0 Å². The van der Waals surface area contributed by atoms with Crippen molar-refractivity contribution in [1.82, 2.24) is 0 Å². The topological polar surface area (TPSA) is 78.9 Å². The molecule has 0 rings (SSSR count). The standard InChI is InChI=1S/C65H106O6/c1-4-7-10-13-16-19-22-25-28-31-33-35-37-40-43-46-49-52-55-58-64(67)70-61-62(60-69-63(66)57-54-51-48-45-42-39-36-30-27-24-21-18-15-12-9-6-3)71-65(68)59-56-53-50-47-44-41-38-34-32-29-26-23-20-17-14-11-8-5-2/h7,10-11,14,16-17,19-20,23,25-26,28-29,32-35,38,40,43,62H,4-6,8-9,12-13,15,18,21-22,24,27,30-31,36-37,39,41-42,44-61H2,1-3H3/b10-7-,14-11-,19-16-,20-17-,26-23-,28-25-,32-29-,35-33-,38-34-,43-40-. The third-order valence-corrected chi connectivity index (χ3v) is 12.1. The van der Waals surface area contributed by atoms with Crippen molar-refractivity contribution in [2.24, 2.45) is 0 Å². The summed E-state index contributed by atoms with van der Waals surface area (Å²) in [7, 11) is 0. The molecule has 6 nitrogen and oxygen atoms in total. The van der Waals surface area contributed by atoms with Gasteiger partial charge in [-0.05, 0) is 83.5 Å². The first-order chi connectivity index (χ1) is 35.0. The molecule has 0 aliphatic heterocycles. The van der Waals surface area contributed by atoms with Gasteiger partial charge in [-0.2, -0.15) is 0 Å². The number of esters is 3. The van der Waals surface area contributed by atoms with Gasteiger partial charge < -0.3 is 14.2 Å². The number of carbonyl (C=O) groups excluding carboxylic acids is 3. The third-order valence-electron chi connectivity index (χ3n) is 12.1. The Balaban J connectivity index is 4.52. The molecule has 0 saturated carbocycles.